The molecule has 1 heterocycles. The third-order valence-electron chi connectivity index (χ3n) is 5.15. The summed E-state index contributed by atoms with van der Waals surface area (Å²) in [6, 6.07) is 4.01. The fraction of sp³-hybridized carbons (Fsp3) is 0.600. The van der Waals surface area contributed by atoms with Crippen molar-refractivity contribution in [3.8, 4) is 0 Å². The van der Waals surface area contributed by atoms with Gasteiger partial charge < -0.3 is 5.32 Å². The van der Waals surface area contributed by atoms with Crippen LogP contribution in [0.3, 0.4) is 0 Å². The van der Waals surface area contributed by atoms with Gasteiger partial charge in [0.05, 0.1) is 16.7 Å². The number of amides is 1. The van der Waals surface area contributed by atoms with Crippen LogP contribution in [0.15, 0.2) is 21.8 Å². The van der Waals surface area contributed by atoms with E-state index < -0.39 is 5.41 Å². The molecule has 0 aliphatic heterocycles. The molecule has 1 N–H and O–H groups in total. The molecule has 0 radical (unpaired) electrons. The van der Waals surface area contributed by atoms with Gasteiger partial charge in [-0.25, -0.2) is 4.79 Å². The van der Waals surface area contributed by atoms with E-state index in [0.717, 1.165) is 21.6 Å². The molecule has 0 bridgehead atoms. The number of thioether (sulfide) groups is 1. The first-order chi connectivity index (χ1) is 12.2. The Balaban J connectivity index is 2.05. The van der Waals surface area contributed by atoms with E-state index in [1.54, 1.807) is 23.2 Å². The Kier molecular flexibility index (Phi) is 5.24. The molecule has 1 saturated carbocycles. The summed E-state index contributed by atoms with van der Waals surface area (Å²) in [6.07, 6.45) is 6.28. The molecule has 1 aromatic carbocycles. The average molecular weight is 376 g/mol. The molecule has 0 spiro atoms. The molecule has 2 aromatic rings. The van der Waals surface area contributed by atoms with Crippen molar-refractivity contribution < 1.29 is 4.79 Å². The smallest absolute Gasteiger partial charge is 0.325 e. The van der Waals surface area contributed by atoms with E-state index in [9.17, 15) is 9.59 Å². The number of nitrogens with one attached hydrogen (secondary N) is 1. The fourth-order valence-corrected chi connectivity index (χ4v) is 4.74. The minimum absolute atomic E-state index is 0.0109. The zero-order valence-electron chi connectivity index (χ0n) is 16.4. The highest BCUT2D eigenvalue weighted by Crippen LogP contribution is 2.39. The van der Waals surface area contributed by atoms with Gasteiger partial charge in [0.25, 0.3) is 0 Å². The second kappa shape index (κ2) is 7.14. The Labute approximate surface area is 159 Å². The molecule has 142 valence electrons. The lowest BCUT2D eigenvalue weighted by Gasteiger charge is -2.24. The maximum Gasteiger partial charge on any atom is 0.328 e. The second-order valence-corrected chi connectivity index (χ2v) is 9.66. The van der Waals surface area contributed by atoms with Crippen LogP contribution in [0.25, 0.3) is 11.0 Å². The van der Waals surface area contributed by atoms with Gasteiger partial charge in [-0.05, 0) is 25.0 Å². The predicted octanol–water partition coefficient (Wildman–Crippen LogP) is 4.29. The number of rotatable bonds is 3. The molecule has 3 rings (SSSR count). The van der Waals surface area contributed by atoms with Crippen LogP contribution in [0.5, 0.6) is 0 Å². The highest BCUT2D eigenvalue weighted by molar-refractivity contribution is 8.00. The summed E-state index contributed by atoms with van der Waals surface area (Å²) in [5.74, 6) is -0.0109. The average Bonchev–Trinajstić information content (AvgIpc) is 2.79. The van der Waals surface area contributed by atoms with Gasteiger partial charge in [-0.1, -0.05) is 40.0 Å². The van der Waals surface area contributed by atoms with Gasteiger partial charge in [0, 0.05) is 29.7 Å². The van der Waals surface area contributed by atoms with E-state index in [0.29, 0.717) is 5.25 Å². The summed E-state index contributed by atoms with van der Waals surface area (Å²) in [6.45, 7) is 5.73. The number of aromatic nitrogens is 2. The second-order valence-electron chi connectivity index (χ2n) is 8.32. The van der Waals surface area contributed by atoms with Crippen LogP contribution >= 0.6 is 11.8 Å². The summed E-state index contributed by atoms with van der Waals surface area (Å²) in [5.41, 5.74) is 2.05. The van der Waals surface area contributed by atoms with Crippen molar-refractivity contribution >= 4 is 34.4 Å². The predicted molar refractivity (Wildman–Crippen MR) is 109 cm³/mol. The number of aryl methyl sites for hydroxylation is 2. The van der Waals surface area contributed by atoms with Crippen LogP contribution in [0.1, 0.15) is 52.9 Å². The molecule has 0 unspecified atom stereocenters. The number of fused-ring (bicyclic) bond motifs is 1. The van der Waals surface area contributed by atoms with E-state index in [1.165, 1.54) is 32.1 Å². The van der Waals surface area contributed by atoms with Crippen LogP contribution in [0.2, 0.25) is 0 Å². The molecule has 1 aliphatic carbocycles. The van der Waals surface area contributed by atoms with Crippen molar-refractivity contribution in [2.45, 2.75) is 63.0 Å². The Bertz CT molecular complexity index is 883. The van der Waals surface area contributed by atoms with Gasteiger partial charge >= 0.3 is 5.69 Å². The molecular formula is C20H29N3O2S. The normalized spacial score (nSPS) is 16.2. The molecule has 6 heteroatoms. The molecule has 5 nitrogen and oxygen atoms in total. The van der Waals surface area contributed by atoms with Gasteiger partial charge in [-0.2, -0.15) is 0 Å². The van der Waals surface area contributed by atoms with Crippen molar-refractivity contribution in [1.82, 2.24) is 9.13 Å². The van der Waals surface area contributed by atoms with Crippen molar-refractivity contribution in [2.24, 2.45) is 19.5 Å². The van der Waals surface area contributed by atoms with Crippen LogP contribution in [0.4, 0.5) is 5.69 Å². The van der Waals surface area contributed by atoms with E-state index in [2.05, 4.69) is 11.4 Å². The maximum absolute atomic E-state index is 12.6. The first-order valence-corrected chi connectivity index (χ1v) is 10.2. The van der Waals surface area contributed by atoms with Gasteiger partial charge in [-0.15, -0.1) is 11.8 Å². The number of imidazole rings is 1. The van der Waals surface area contributed by atoms with Crippen molar-refractivity contribution in [1.29, 1.82) is 0 Å². The van der Waals surface area contributed by atoms with E-state index >= 15 is 0 Å². The monoisotopic (exact) mass is 375 g/mol. The number of carbonyl (C=O) groups excluding carboxylic acids is 1. The van der Waals surface area contributed by atoms with Gasteiger partial charge in [0.1, 0.15) is 0 Å². The van der Waals surface area contributed by atoms with Gasteiger partial charge in [0.2, 0.25) is 5.91 Å². The van der Waals surface area contributed by atoms with E-state index in [-0.39, 0.29) is 11.6 Å². The largest absolute Gasteiger partial charge is 0.328 e. The number of benzene rings is 1. The molecule has 0 atom stereocenters. The van der Waals surface area contributed by atoms with Crippen molar-refractivity contribution in [3.05, 3.63) is 22.6 Å². The molecule has 1 amide bonds. The summed E-state index contributed by atoms with van der Waals surface area (Å²) < 4.78 is 3.31. The third-order valence-corrected chi connectivity index (χ3v) is 6.54. The fourth-order valence-electron chi connectivity index (χ4n) is 3.39. The molecule has 1 aliphatic rings. The molecule has 0 saturated heterocycles. The Morgan fingerprint density at radius 2 is 1.65 bits per heavy atom. The van der Waals surface area contributed by atoms with Gasteiger partial charge in [0.15, 0.2) is 0 Å². The Morgan fingerprint density at radius 1 is 1.08 bits per heavy atom. The molecule has 1 aromatic heterocycles. The first kappa shape index (κ1) is 19.1. The minimum atomic E-state index is -0.468. The van der Waals surface area contributed by atoms with E-state index in [4.69, 9.17) is 0 Å². The number of nitrogens with zero attached hydrogens (tertiary/aromatic N) is 2. The lowest BCUT2D eigenvalue weighted by atomic mass is 9.95. The summed E-state index contributed by atoms with van der Waals surface area (Å²) >= 11 is 1.84. The highest BCUT2D eigenvalue weighted by atomic mass is 32.2. The van der Waals surface area contributed by atoms with Gasteiger partial charge in [-0.3, -0.25) is 13.9 Å². The molecule has 1 fully saturated rings. The minimum Gasteiger partial charge on any atom is -0.325 e. The molecule has 26 heavy (non-hydrogen) atoms. The van der Waals surface area contributed by atoms with E-state index in [1.807, 2.05) is 38.6 Å². The number of carbonyl (C=O) groups is 1. The molecular weight excluding hydrogens is 346 g/mol. The number of hydrogen-bond donors (Lipinski definition) is 1. The summed E-state index contributed by atoms with van der Waals surface area (Å²) in [7, 11) is 3.57. The SMILES string of the molecule is Cn1c(=O)n(C)c2cc(SC3CCCCC3)c(NC(=O)C(C)(C)C)cc21. The van der Waals surface area contributed by atoms with Crippen LogP contribution in [-0.2, 0) is 18.9 Å². The number of anilines is 1. The Morgan fingerprint density at radius 3 is 2.23 bits per heavy atom. The zero-order valence-corrected chi connectivity index (χ0v) is 17.2. The van der Waals surface area contributed by atoms with Crippen LogP contribution in [0, 0.1) is 5.41 Å². The lowest BCUT2D eigenvalue weighted by molar-refractivity contribution is -0.123. The highest BCUT2D eigenvalue weighted by Gasteiger charge is 2.24. The standard InChI is InChI=1S/C20H29N3O2S/c1-20(2,3)18(24)21-14-11-15-16(23(5)19(25)22(15)4)12-17(14)26-13-9-7-6-8-10-13/h11-13H,6-10H2,1-5H3,(H,21,24). The summed E-state index contributed by atoms with van der Waals surface area (Å²) in [5, 5.41) is 3.68. The topological polar surface area (TPSA) is 56.0 Å². The zero-order chi connectivity index (χ0) is 19.1. The van der Waals surface area contributed by atoms with Crippen molar-refractivity contribution in [3.63, 3.8) is 0 Å². The van der Waals surface area contributed by atoms with Crippen LogP contribution < -0.4 is 11.0 Å². The summed E-state index contributed by atoms with van der Waals surface area (Å²) in [4.78, 5) is 25.9. The number of hydrogen-bond acceptors (Lipinski definition) is 3. The maximum atomic E-state index is 12.6. The lowest BCUT2D eigenvalue weighted by Crippen LogP contribution is -2.28. The van der Waals surface area contributed by atoms with Crippen molar-refractivity contribution in [2.75, 3.05) is 5.32 Å². The van der Waals surface area contributed by atoms with Crippen LogP contribution in [-0.4, -0.2) is 20.3 Å². The third kappa shape index (κ3) is 3.70. The Hall–Kier alpha value is -1.69. The first-order valence-electron chi connectivity index (χ1n) is 9.36. The quantitative estimate of drug-likeness (QED) is 0.871.